The third-order valence-electron chi connectivity index (χ3n) is 3.05. The Labute approximate surface area is 108 Å². The van der Waals surface area contributed by atoms with E-state index in [1.165, 1.54) is 11.4 Å². The van der Waals surface area contributed by atoms with Gasteiger partial charge in [-0.15, -0.1) is 0 Å². The average Bonchev–Trinajstić information content (AvgIpc) is 2.95. The van der Waals surface area contributed by atoms with E-state index in [2.05, 4.69) is 33.0 Å². The van der Waals surface area contributed by atoms with Gasteiger partial charge < -0.3 is 9.88 Å². The molecule has 5 nitrogen and oxygen atoms in total. The molecule has 0 aliphatic heterocycles. The average molecular weight is 247 g/mol. The van der Waals surface area contributed by atoms with Gasteiger partial charge in [0.1, 0.15) is 0 Å². The standard InChI is InChI=1S/C13H21N5/c1-3-8-18-11-15-10-13(18)9-14-6-4-12-5-7-16-17(12)2/h5,7,10-11,14H,3-4,6,8-9H2,1-2H3. The van der Waals surface area contributed by atoms with E-state index in [-0.39, 0.29) is 0 Å². The van der Waals surface area contributed by atoms with E-state index in [1.807, 2.05) is 30.5 Å². The number of aryl methyl sites for hydroxylation is 2. The number of nitrogens with zero attached hydrogens (tertiary/aromatic N) is 4. The van der Waals surface area contributed by atoms with Crippen molar-refractivity contribution in [3.8, 4) is 0 Å². The molecule has 0 spiro atoms. The summed E-state index contributed by atoms with van der Waals surface area (Å²) in [6, 6.07) is 2.06. The summed E-state index contributed by atoms with van der Waals surface area (Å²) in [7, 11) is 1.98. The first-order chi connectivity index (χ1) is 8.81. The Morgan fingerprint density at radius 3 is 2.94 bits per heavy atom. The Morgan fingerprint density at radius 2 is 2.22 bits per heavy atom. The lowest BCUT2D eigenvalue weighted by Gasteiger charge is -2.08. The lowest BCUT2D eigenvalue weighted by atomic mass is 10.3. The molecule has 0 fully saturated rings. The van der Waals surface area contributed by atoms with Gasteiger partial charge >= 0.3 is 0 Å². The molecule has 0 saturated carbocycles. The SMILES string of the molecule is CCCn1cncc1CNCCc1ccnn1C. The Morgan fingerprint density at radius 1 is 1.33 bits per heavy atom. The number of hydrogen-bond donors (Lipinski definition) is 1. The van der Waals surface area contributed by atoms with E-state index >= 15 is 0 Å². The van der Waals surface area contributed by atoms with Crippen molar-refractivity contribution in [3.63, 3.8) is 0 Å². The van der Waals surface area contributed by atoms with Gasteiger partial charge in [0.2, 0.25) is 0 Å². The molecule has 0 amide bonds. The molecule has 0 aliphatic rings. The van der Waals surface area contributed by atoms with Crippen LogP contribution in [0, 0.1) is 0 Å². The molecule has 2 aromatic heterocycles. The van der Waals surface area contributed by atoms with Gasteiger partial charge in [0.15, 0.2) is 0 Å². The first-order valence-corrected chi connectivity index (χ1v) is 6.48. The number of imidazole rings is 1. The first kappa shape index (κ1) is 12.8. The van der Waals surface area contributed by atoms with Crippen molar-refractivity contribution in [2.45, 2.75) is 32.9 Å². The van der Waals surface area contributed by atoms with E-state index < -0.39 is 0 Å². The molecule has 5 heteroatoms. The second-order valence-corrected chi connectivity index (χ2v) is 4.45. The summed E-state index contributed by atoms with van der Waals surface area (Å²) in [5, 5.41) is 7.61. The van der Waals surface area contributed by atoms with Crippen molar-refractivity contribution in [2.24, 2.45) is 7.05 Å². The second-order valence-electron chi connectivity index (χ2n) is 4.45. The van der Waals surface area contributed by atoms with Crippen LogP contribution in [0.15, 0.2) is 24.8 Å². The van der Waals surface area contributed by atoms with Crippen LogP contribution in [0.1, 0.15) is 24.7 Å². The lowest BCUT2D eigenvalue weighted by Crippen LogP contribution is -2.19. The molecule has 1 N–H and O–H groups in total. The lowest BCUT2D eigenvalue weighted by molar-refractivity contribution is 0.592. The van der Waals surface area contributed by atoms with Crippen LogP contribution >= 0.6 is 0 Å². The Bertz CT molecular complexity index is 471. The molecule has 2 heterocycles. The van der Waals surface area contributed by atoms with E-state index in [4.69, 9.17) is 0 Å². The molecule has 18 heavy (non-hydrogen) atoms. The summed E-state index contributed by atoms with van der Waals surface area (Å²) in [6.45, 7) is 5.05. The maximum Gasteiger partial charge on any atom is 0.0948 e. The fourth-order valence-corrected chi connectivity index (χ4v) is 2.02. The molecule has 2 aromatic rings. The van der Waals surface area contributed by atoms with Crippen molar-refractivity contribution >= 4 is 0 Å². The van der Waals surface area contributed by atoms with Gasteiger partial charge in [-0.2, -0.15) is 5.10 Å². The fourth-order valence-electron chi connectivity index (χ4n) is 2.02. The molecular formula is C13H21N5. The number of nitrogens with one attached hydrogen (secondary N) is 1. The van der Waals surface area contributed by atoms with Gasteiger partial charge in [0.05, 0.1) is 12.0 Å². The molecule has 2 rings (SSSR count). The van der Waals surface area contributed by atoms with Crippen LogP contribution in [-0.2, 0) is 26.6 Å². The first-order valence-electron chi connectivity index (χ1n) is 6.48. The highest BCUT2D eigenvalue weighted by Gasteiger charge is 2.01. The van der Waals surface area contributed by atoms with Crippen LogP contribution in [0.4, 0.5) is 0 Å². The highest BCUT2D eigenvalue weighted by atomic mass is 15.3. The quantitative estimate of drug-likeness (QED) is 0.752. The van der Waals surface area contributed by atoms with Gasteiger partial charge in [-0.1, -0.05) is 6.92 Å². The van der Waals surface area contributed by atoms with Crippen molar-refractivity contribution in [3.05, 3.63) is 36.2 Å². The summed E-state index contributed by atoms with van der Waals surface area (Å²) < 4.78 is 4.13. The fraction of sp³-hybridized carbons (Fsp3) is 0.538. The number of aromatic nitrogens is 4. The second kappa shape index (κ2) is 6.35. The number of rotatable bonds is 7. The van der Waals surface area contributed by atoms with Gasteiger partial charge in [-0.3, -0.25) is 4.68 Å². The molecule has 0 atom stereocenters. The summed E-state index contributed by atoms with van der Waals surface area (Å²) in [5.41, 5.74) is 2.51. The molecule has 98 valence electrons. The summed E-state index contributed by atoms with van der Waals surface area (Å²) in [5.74, 6) is 0. The molecule has 0 saturated heterocycles. The third kappa shape index (κ3) is 3.20. The Hall–Kier alpha value is -1.62. The molecule has 0 unspecified atom stereocenters. The highest BCUT2D eigenvalue weighted by Crippen LogP contribution is 2.01. The maximum absolute atomic E-state index is 4.19. The van der Waals surface area contributed by atoms with E-state index in [9.17, 15) is 0 Å². The predicted molar refractivity (Wildman–Crippen MR) is 71.1 cm³/mol. The normalized spacial score (nSPS) is 11.0. The monoisotopic (exact) mass is 247 g/mol. The predicted octanol–water partition coefficient (Wildman–Crippen LogP) is 1.36. The van der Waals surface area contributed by atoms with E-state index in [0.29, 0.717) is 0 Å². The zero-order valence-corrected chi connectivity index (χ0v) is 11.1. The summed E-state index contributed by atoms with van der Waals surface area (Å²) in [4.78, 5) is 4.19. The Balaban J connectivity index is 1.75. The van der Waals surface area contributed by atoms with Crippen molar-refractivity contribution < 1.29 is 0 Å². The van der Waals surface area contributed by atoms with E-state index in [1.54, 1.807) is 0 Å². The zero-order valence-electron chi connectivity index (χ0n) is 11.1. The smallest absolute Gasteiger partial charge is 0.0948 e. The van der Waals surface area contributed by atoms with Crippen LogP contribution in [0.5, 0.6) is 0 Å². The maximum atomic E-state index is 4.19. The molecular weight excluding hydrogens is 226 g/mol. The van der Waals surface area contributed by atoms with Gasteiger partial charge in [0, 0.05) is 51.2 Å². The van der Waals surface area contributed by atoms with Gasteiger partial charge in [-0.05, 0) is 12.5 Å². The van der Waals surface area contributed by atoms with Crippen LogP contribution in [0.2, 0.25) is 0 Å². The topological polar surface area (TPSA) is 47.7 Å². The van der Waals surface area contributed by atoms with E-state index in [0.717, 1.165) is 32.5 Å². The minimum atomic E-state index is 0.873. The van der Waals surface area contributed by atoms with Crippen LogP contribution in [0.25, 0.3) is 0 Å². The van der Waals surface area contributed by atoms with Crippen molar-refractivity contribution in [1.29, 1.82) is 0 Å². The minimum absolute atomic E-state index is 0.873. The summed E-state index contributed by atoms with van der Waals surface area (Å²) >= 11 is 0. The third-order valence-corrected chi connectivity index (χ3v) is 3.05. The molecule has 0 aromatic carbocycles. The largest absolute Gasteiger partial charge is 0.333 e. The molecule has 0 radical (unpaired) electrons. The van der Waals surface area contributed by atoms with Crippen LogP contribution < -0.4 is 5.32 Å². The molecule has 0 aliphatic carbocycles. The number of hydrogen-bond acceptors (Lipinski definition) is 3. The van der Waals surface area contributed by atoms with Crippen molar-refractivity contribution in [2.75, 3.05) is 6.54 Å². The highest BCUT2D eigenvalue weighted by molar-refractivity contribution is 5.01. The Kier molecular flexibility index (Phi) is 4.52. The zero-order chi connectivity index (χ0) is 12.8. The van der Waals surface area contributed by atoms with Crippen LogP contribution in [0.3, 0.4) is 0 Å². The van der Waals surface area contributed by atoms with Crippen molar-refractivity contribution in [1.82, 2.24) is 24.6 Å². The summed E-state index contributed by atoms with van der Waals surface area (Å²) in [6.07, 6.45) is 7.82. The van der Waals surface area contributed by atoms with Crippen LogP contribution in [-0.4, -0.2) is 25.9 Å². The minimum Gasteiger partial charge on any atom is -0.333 e. The molecule has 0 bridgehead atoms. The van der Waals surface area contributed by atoms with Gasteiger partial charge in [-0.25, -0.2) is 4.98 Å². The van der Waals surface area contributed by atoms with Gasteiger partial charge in [0.25, 0.3) is 0 Å².